The average molecular weight is 282 g/mol. The number of nitrogens with zero attached hydrogens (tertiary/aromatic N) is 2. The molecule has 0 aliphatic heterocycles. The summed E-state index contributed by atoms with van der Waals surface area (Å²) in [6.45, 7) is 3.81. The minimum atomic E-state index is 0.740. The van der Waals surface area contributed by atoms with Crippen LogP contribution in [0.2, 0.25) is 4.34 Å². The van der Waals surface area contributed by atoms with Crippen LogP contribution in [0.3, 0.4) is 0 Å². The summed E-state index contributed by atoms with van der Waals surface area (Å²) in [5.74, 6) is 0. The highest BCUT2D eigenvalue weighted by Crippen LogP contribution is 2.23. The van der Waals surface area contributed by atoms with Crippen molar-refractivity contribution in [2.45, 2.75) is 38.9 Å². The zero-order chi connectivity index (χ0) is 12.5. The Morgan fingerprint density at radius 1 is 1.50 bits per heavy atom. The van der Waals surface area contributed by atoms with E-state index in [1.807, 2.05) is 10.7 Å². The van der Waals surface area contributed by atoms with Crippen LogP contribution in [0.25, 0.3) is 0 Å². The van der Waals surface area contributed by atoms with E-state index in [4.69, 9.17) is 11.6 Å². The van der Waals surface area contributed by atoms with Crippen molar-refractivity contribution in [1.82, 2.24) is 15.1 Å². The summed E-state index contributed by atoms with van der Waals surface area (Å²) in [7, 11) is 0. The molecule has 0 aromatic carbocycles. The molecule has 2 aromatic heterocycles. The van der Waals surface area contributed by atoms with Gasteiger partial charge in [-0.2, -0.15) is 5.10 Å². The first-order valence-electron chi connectivity index (χ1n) is 6.21. The van der Waals surface area contributed by atoms with Crippen LogP contribution in [0.15, 0.2) is 18.3 Å². The van der Waals surface area contributed by atoms with E-state index in [9.17, 15) is 0 Å². The van der Waals surface area contributed by atoms with Crippen molar-refractivity contribution < 1.29 is 0 Å². The van der Waals surface area contributed by atoms with E-state index < -0.39 is 0 Å². The van der Waals surface area contributed by atoms with E-state index in [2.05, 4.69) is 29.6 Å². The summed E-state index contributed by atoms with van der Waals surface area (Å²) in [5, 5.41) is 8.08. The van der Waals surface area contributed by atoms with Gasteiger partial charge < -0.3 is 5.32 Å². The monoisotopic (exact) mass is 281 g/mol. The second-order valence-corrected chi connectivity index (χ2v) is 6.60. The van der Waals surface area contributed by atoms with Crippen molar-refractivity contribution in [3.8, 4) is 0 Å². The van der Waals surface area contributed by atoms with Gasteiger partial charge in [0, 0.05) is 29.2 Å². The molecule has 0 amide bonds. The van der Waals surface area contributed by atoms with Gasteiger partial charge in [-0.05, 0) is 31.9 Å². The molecule has 2 heterocycles. The first-order chi connectivity index (χ1) is 8.70. The molecule has 3 nitrogen and oxygen atoms in total. The molecule has 1 aliphatic rings. The molecule has 1 saturated carbocycles. The molecule has 0 radical (unpaired) electrons. The molecule has 5 heteroatoms. The smallest absolute Gasteiger partial charge is 0.0931 e. The molecule has 3 rings (SSSR count). The van der Waals surface area contributed by atoms with Crippen molar-refractivity contribution in [3.63, 3.8) is 0 Å². The van der Waals surface area contributed by atoms with Crippen molar-refractivity contribution in [1.29, 1.82) is 0 Å². The van der Waals surface area contributed by atoms with Gasteiger partial charge in [0.05, 0.1) is 16.6 Å². The number of halogens is 1. The molecule has 0 bridgehead atoms. The summed E-state index contributed by atoms with van der Waals surface area (Å²) in [6.07, 6.45) is 4.78. The van der Waals surface area contributed by atoms with E-state index in [-0.39, 0.29) is 0 Å². The molecule has 2 aromatic rings. The van der Waals surface area contributed by atoms with E-state index in [0.29, 0.717) is 0 Å². The molecule has 0 spiro atoms. The van der Waals surface area contributed by atoms with E-state index in [1.165, 1.54) is 23.3 Å². The summed E-state index contributed by atoms with van der Waals surface area (Å²) >= 11 is 7.55. The Bertz CT molecular complexity index is 542. The topological polar surface area (TPSA) is 29.9 Å². The lowest BCUT2D eigenvalue weighted by Gasteiger charge is -1.99. The van der Waals surface area contributed by atoms with Crippen LogP contribution >= 0.6 is 22.9 Å². The Kier molecular flexibility index (Phi) is 3.41. The highest BCUT2D eigenvalue weighted by molar-refractivity contribution is 7.16. The summed E-state index contributed by atoms with van der Waals surface area (Å²) in [4.78, 5) is 1.24. The van der Waals surface area contributed by atoms with E-state index in [0.717, 1.165) is 29.2 Å². The van der Waals surface area contributed by atoms with Crippen LogP contribution in [-0.4, -0.2) is 15.8 Å². The first-order valence-corrected chi connectivity index (χ1v) is 7.40. The maximum atomic E-state index is 5.93. The molecule has 96 valence electrons. The van der Waals surface area contributed by atoms with Crippen LogP contribution in [0.5, 0.6) is 0 Å². The quantitative estimate of drug-likeness (QED) is 0.912. The largest absolute Gasteiger partial charge is 0.310 e. The Hall–Kier alpha value is -0.840. The average Bonchev–Trinajstić information content (AvgIpc) is 2.98. The highest BCUT2D eigenvalue weighted by atomic mass is 35.5. The van der Waals surface area contributed by atoms with Crippen LogP contribution in [0.4, 0.5) is 0 Å². The van der Waals surface area contributed by atoms with Crippen LogP contribution in [-0.2, 0) is 13.1 Å². The van der Waals surface area contributed by atoms with Gasteiger partial charge in [0.15, 0.2) is 0 Å². The molecule has 1 fully saturated rings. The lowest BCUT2D eigenvalue weighted by atomic mass is 10.2. The second kappa shape index (κ2) is 5.03. The number of nitrogens with one attached hydrogen (secondary N) is 1. The van der Waals surface area contributed by atoms with Gasteiger partial charge in [-0.25, -0.2) is 0 Å². The van der Waals surface area contributed by atoms with Crippen molar-refractivity contribution >= 4 is 22.9 Å². The molecule has 0 saturated heterocycles. The number of thiophene rings is 1. The number of hydrogen-bond acceptors (Lipinski definition) is 3. The predicted molar refractivity (Wildman–Crippen MR) is 75.3 cm³/mol. The molecule has 18 heavy (non-hydrogen) atoms. The number of rotatable bonds is 5. The second-order valence-electron chi connectivity index (χ2n) is 4.80. The van der Waals surface area contributed by atoms with Crippen LogP contribution in [0.1, 0.15) is 29.0 Å². The first kappa shape index (κ1) is 12.2. The minimum absolute atomic E-state index is 0.740. The Balaban J connectivity index is 1.66. The lowest BCUT2D eigenvalue weighted by Crippen LogP contribution is -2.15. The molecular weight excluding hydrogens is 266 g/mol. The van der Waals surface area contributed by atoms with Gasteiger partial charge in [-0.1, -0.05) is 11.6 Å². The summed E-state index contributed by atoms with van der Waals surface area (Å²) < 4.78 is 2.84. The standard InChI is InChI=1S/C13H16ClN3S/c1-9-10(6-15-11-2-3-11)7-17(16-9)8-12-4-5-13(14)18-12/h4-5,7,11,15H,2-3,6,8H2,1H3. The Morgan fingerprint density at radius 3 is 3.00 bits per heavy atom. The number of hydrogen-bond donors (Lipinski definition) is 1. The third-order valence-electron chi connectivity index (χ3n) is 3.15. The lowest BCUT2D eigenvalue weighted by molar-refractivity contribution is 0.678. The van der Waals surface area contributed by atoms with E-state index in [1.54, 1.807) is 11.3 Å². The maximum Gasteiger partial charge on any atom is 0.0931 e. The van der Waals surface area contributed by atoms with Crippen LogP contribution in [0, 0.1) is 6.92 Å². The molecular formula is C13H16ClN3S. The highest BCUT2D eigenvalue weighted by Gasteiger charge is 2.20. The fourth-order valence-corrected chi connectivity index (χ4v) is 3.03. The predicted octanol–water partition coefficient (Wildman–Crippen LogP) is 3.21. The third-order valence-corrected chi connectivity index (χ3v) is 4.37. The van der Waals surface area contributed by atoms with Crippen molar-refractivity contribution in [2.75, 3.05) is 0 Å². The van der Waals surface area contributed by atoms with Gasteiger partial charge in [-0.15, -0.1) is 11.3 Å². The normalized spacial score (nSPS) is 15.2. The zero-order valence-electron chi connectivity index (χ0n) is 10.3. The van der Waals surface area contributed by atoms with Gasteiger partial charge in [0.2, 0.25) is 0 Å². The Labute approximate surface area is 116 Å². The number of aromatic nitrogens is 2. The Morgan fingerprint density at radius 2 is 2.33 bits per heavy atom. The van der Waals surface area contributed by atoms with Crippen molar-refractivity contribution in [3.05, 3.63) is 38.8 Å². The summed E-state index contributed by atoms with van der Waals surface area (Å²) in [6, 6.07) is 4.74. The fraction of sp³-hybridized carbons (Fsp3) is 0.462. The molecule has 1 aliphatic carbocycles. The zero-order valence-corrected chi connectivity index (χ0v) is 11.9. The molecule has 1 N–H and O–H groups in total. The van der Waals surface area contributed by atoms with Gasteiger partial charge in [0.25, 0.3) is 0 Å². The van der Waals surface area contributed by atoms with Gasteiger partial charge >= 0.3 is 0 Å². The van der Waals surface area contributed by atoms with Crippen LogP contribution < -0.4 is 5.32 Å². The number of aryl methyl sites for hydroxylation is 1. The minimum Gasteiger partial charge on any atom is -0.310 e. The molecule has 0 atom stereocenters. The third kappa shape index (κ3) is 2.94. The van der Waals surface area contributed by atoms with Crippen molar-refractivity contribution in [2.24, 2.45) is 0 Å². The van der Waals surface area contributed by atoms with Gasteiger partial charge in [-0.3, -0.25) is 4.68 Å². The fourth-order valence-electron chi connectivity index (χ4n) is 1.95. The SMILES string of the molecule is Cc1nn(Cc2ccc(Cl)s2)cc1CNC1CC1. The van der Waals surface area contributed by atoms with E-state index >= 15 is 0 Å². The van der Waals surface area contributed by atoms with Gasteiger partial charge in [0.1, 0.15) is 0 Å². The maximum absolute atomic E-state index is 5.93. The summed E-state index contributed by atoms with van der Waals surface area (Å²) in [5.41, 5.74) is 2.41. The molecule has 0 unspecified atom stereocenters.